The van der Waals surface area contributed by atoms with Crippen LogP contribution in [0.1, 0.15) is 28.9 Å². The van der Waals surface area contributed by atoms with E-state index in [0.717, 1.165) is 25.7 Å². The third-order valence-electron chi connectivity index (χ3n) is 3.79. The molecule has 3 nitrogen and oxygen atoms in total. The third-order valence-corrected chi connectivity index (χ3v) is 6.19. The van der Waals surface area contributed by atoms with Crippen LogP contribution in [0.25, 0.3) is 0 Å². The summed E-state index contributed by atoms with van der Waals surface area (Å²) in [7, 11) is 0. The molecule has 0 aliphatic carbocycles. The lowest BCUT2D eigenvalue weighted by Gasteiger charge is -2.10. The van der Waals surface area contributed by atoms with E-state index in [1.807, 2.05) is 18.2 Å². The Hall–Kier alpha value is -1.56. The molecule has 1 aromatic heterocycles. The molecule has 0 aliphatic heterocycles. The van der Waals surface area contributed by atoms with Gasteiger partial charge in [-0.1, -0.05) is 59.0 Å². The Morgan fingerprint density at radius 2 is 1.88 bits per heavy atom. The molecule has 24 heavy (non-hydrogen) atoms. The van der Waals surface area contributed by atoms with E-state index in [4.69, 9.17) is 11.6 Å². The molecule has 0 fully saturated rings. The van der Waals surface area contributed by atoms with E-state index in [1.165, 1.54) is 11.1 Å². The average Bonchev–Trinajstić information content (AvgIpc) is 2.98. The molecule has 124 valence electrons. The fraction of sp³-hybridized carbons (Fsp3) is 0.222. The topological polar surface area (TPSA) is 37.8 Å². The lowest BCUT2D eigenvalue weighted by Crippen LogP contribution is -1.91. The number of hydrogen-bond acceptors (Lipinski definition) is 5. The van der Waals surface area contributed by atoms with Crippen LogP contribution in [0.3, 0.4) is 0 Å². The zero-order chi connectivity index (χ0) is 17.1. The summed E-state index contributed by atoms with van der Waals surface area (Å²) < 4.78 is 0.925. The molecule has 0 bridgehead atoms. The van der Waals surface area contributed by atoms with Crippen molar-refractivity contribution >= 4 is 45.5 Å². The quantitative estimate of drug-likeness (QED) is 0.523. The Kier molecular flexibility index (Phi) is 5.43. The number of nitrogens with zero attached hydrogens (tertiary/aromatic N) is 2. The van der Waals surface area contributed by atoms with Gasteiger partial charge in [0.05, 0.1) is 0 Å². The molecule has 1 N–H and O–H groups in total. The minimum Gasteiger partial charge on any atom is -0.330 e. The maximum absolute atomic E-state index is 6.27. The number of rotatable bonds is 5. The SMILES string of the molecule is Cc1ccc(Nc2nnc(S[C@H](C)c3ccccc3Cl)s2)cc1C. The maximum Gasteiger partial charge on any atom is 0.210 e. The average molecular weight is 376 g/mol. The van der Waals surface area contributed by atoms with Gasteiger partial charge in [0.2, 0.25) is 5.13 Å². The number of aromatic nitrogens is 2. The van der Waals surface area contributed by atoms with Crippen molar-refractivity contribution in [1.29, 1.82) is 0 Å². The minimum absolute atomic E-state index is 0.223. The number of hydrogen-bond donors (Lipinski definition) is 1. The van der Waals surface area contributed by atoms with Gasteiger partial charge in [0.25, 0.3) is 0 Å². The van der Waals surface area contributed by atoms with E-state index in [9.17, 15) is 0 Å². The van der Waals surface area contributed by atoms with E-state index < -0.39 is 0 Å². The first kappa shape index (κ1) is 17.3. The maximum atomic E-state index is 6.27. The van der Waals surface area contributed by atoms with Crippen molar-refractivity contribution in [3.63, 3.8) is 0 Å². The summed E-state index contributed by atoms with van der Waals surface area (Å²) in [5, 5.41) is 13.6. The highest BCUT2D eigenvalue weighted by atomic mass is 35.5. The molecule has 3 aromatic rings. The van der Waals surface area contributed by atoms with Crippen molar-refractivity contribution in [2.75, 3.05) is 5.32 Å². The highest BCUT2D eigenvalue weighted by Crippen LogP contribution is 2.40. The van der Waals surface area contributed by atoms with Gasteiger partial charge in [0.1, 0.15) is 0 Å². The summed E-state index contributed by atoms with van der Waals surface area (Å²) in [6.07, 6.45) is 0. The second kappa shape index (κ2) is 7.55. The zero-order valence-corrected chi connectivity index (χ0v) is 16.1. The highest BCUT2D eigenvalue weighted by molar-refractivity contribution is 8.01. The van der Waals surface area contributed by atoms with E-state index >= 15 is 0 Å². The summed E-state index contributed by atoms with van der Waals surface area (Å²) in [5.74, 6) is 0. The van der Waals surface area contributed by atoms with Crippen LogP contribution < -0.4 is 5.32 Å². The number of halogens is 1. The fourth-order valence-corrected chi connectivity index (χ4v) is 4.72. The van der Waals surface area contributed by atoms with E-state index in [2.05, 4.69) is 60.6 Å². The Labute approximate surface area is 155 Å². The van der Waals surface area contributed by atoms with Crippen molar-refractivity contribution in [3.8, 4) is 0 Å². The summed E-state index contributed by atoms with van der Waals surface area (Å²) >= 11 is 9.49. The van der Waals surface area contributed by atoms with E-state index in [0.29, 0.717) is 0 Å². The fourth-order valence-electron chi connectivity index (χ4n) is 2.27. The zero-order valence-electron chi connectivity index (χ0n) is 13.7. The van der Waals surface area contributed by atoms with Gasteiger partial charge >= 0.3 is 0 Å². The molecule has 0 radical (unpaired) electrons. The van der Waals surface area contributed by atoms with Crippen LogP contribution in [0, 0.1) is 13.8 Å². The van der Waals surface area contributed by atoms with Crippen LogP contribution in [0.5, 0.6) is 0 Å². The highest BCUT2D eigenvalue weighted by Gasteiger charge is 2.14. The second-order valence-electron chi connectivity index (χ2n) is 5.58. The lowest BCUT2D eigenvalue weighted by atomic mass is 10.1. The van der Waals surface area contributed by atoms with Gasteiger partial charge in [0.15, 0.2) is 4.34 Å². The van der Waals surface area contributed by atoms with Crippen molar-refractivity contribution < 1.29 is 0 Å². The number of nitrogens with one attached hydrogen (secondary N) is 1. The smallest absolute Gasteiger partial charge is 0.210 e. The normalized spacial score (nSPS) is 12.2. The molecule has 3 rings (SSSR count). The first-order valence-electron chi connectivity index (χ1n) is 7.62. The molecular formula is C18H18ClN3S2. The van der Waals surface area contributed by atoms with Crippen molar-refractivity contribution in [3.05, 3.63) is 64.2 Å². The first-order valence-corrected chi connectivity index (χ1v) is 9.69. The van der Waals surface area contributed by atoms with Crippen molar-refractivity contribution in [2.45, 2.75) is 30.4 Å². The van der Waals surface area contributed by atoms with Crippen LogP contribution in [-0.4, -0.2) is 10.2 Å². The van der Waals surface area contributed by atoms with Gasteiger partial charge in [-0.05, 0) is 55.7 Å². The molecule has 0 saturated carbocycles. The number of benzene rings is 2. The van der Waals surface area contributed by atoms with Crippen molar-refractivity contribution in [1.82, 2.24) is 10.2 Å². The summed E-state index contributed by atoms with van der Waals surface area (Å²) in [6, 6.07) is 14.2. The first-order chi connectivity index (χ1) is 11.5. The lowest BCUT2D eigenvalue weighted by molar-refractivity contribution is 1.00. The minimum atomic E-state index is 0.223. The number of thioether (sulfide) groups is 1. The second-order valence-corrected chi connectivity index (χ2v) is 8.55. The van der Waals surface area contributed by atoms with Crippen LogP contribution >= 0.6 is 34.7 Å². The van der Waals surface area contributed by atoms with E-state index in [-0.39, 0.29) is 5.25 Å². The van der Waals surface area contributed by atoms with Gasteiger partial charge in [-0.15, -0.1) is 10.2 Å². The molecule has 2 aromatic carbocycles. The molecule has 1 heterocycles. The Morgan fingerprint density at radius 3 is 2.62 bits per heavy atom. The summed E-state index contributed by atoms with van der Waals surface area (Å²) in [6.45, 7) is 6.34. The van der Waals surface area contributed by atoms with Gasteiger partial charge in [-0.25, -0.2) is 0 Å². The standard InChI is InChI=1S/C18H18ClN3S2/c1-11-8-9-14(10-12(11)2)20-17-21-22-18(24-17)23-13(3)15-6-4-5-7-16(15)19/h4-10,13H,1-3H3,(H,20,21)/t13-/m1/s1. The van der Waals surface area contributed by atoms with Crippen molar-refractivity contribution in [2.24, 2.45) is 0 Å². The van der Waals surface area contributed by atoms with Crippen LogP contribution in [0.2, 0.25) is 5.02 Å². The molecule has 1 atom stereocenters. The van der Waals surface area contributed by atoms with E-state index in [1.54, 1.807) is 23.1 Å². The summed E-state index contributed by atoms with van der Waals surface area (Å²) in [5.41, 5.74) is 4.68. The molecule has 0 amide bonds. The largest absolute Gasteiger partial charge is 0.330 e. The predicted octanol–water partition coefficient (Wildman–Crippen LogP) is 6.41. The van der Waals surface area contributed by atoms with Gasteiger partial charge in [-0.3, -0.25) is 0 Å². The Morgan fingerprint density at radius 1 is 1.08 bits per heavy atom. The molecule has 0 unspecified atom stereocenters. The molecule has 6 heteroatoms. The van der Waals surface area contributed by atoms with Gasteiger partial charge < -0.3 is 5.32 Å². The molecule has 0 saturated heterocycles. The number of anilines is 2. The van der Waals surface area contributed by atoms with Gasteiger partial charge in [-0.2, -0.15) is 0 Å². The molecule has 0 spiro atoms. The van der Waals surface area contributed by atoms with Crippen LogP contribution in [0.4, 0.5) is 10.8 Å². The summed E-state index contributed by atoms with van der Waals surface area (Å²) in [4.78, 5) is 0. The third kappa shape index (κ3) is 4.09. The molecule has 0 aliphatic rings. The number of aryl methyl sites for hydroxylation is 2. The monoisotopic (exact) mass is 375 g/mol. The van der Waals surface area contributed by atoms with Crippen LogP contribution in [-0.2, 0) is 0 Å². The predicted molar refractivity (Wildman–Crippen MR) is 105 cm³/mol. The Bertz CT molecular complexity index is 848. The van der Waals surface area contributed by atoms with Crippen LogP contribution in [0.15, 0.2) is 46.8 Å². The molecular weight excluding hydrogens is 358 g/mol. The Balaban J connectivity index is 1.69. The van der Waals surface area contributed by atoms with Gasteiger partial charge in [0, 0.05) is 16.0 Å².